The molecule has 2 aromatic carbocycles. The fourth-order valence-electron chi connectivity index (χ4n) is 2.04. The molecule has 0 saturated carbocycles. The van der Waals surface area contributed by atoms with Crippen molar-refractivity contribution in [3.05, 3.63) is 64.7 Å². The minimum Gasteiger partial charge on any atom is -0.394 e. The first-order valence-electron chi connectivity index (χ1n) is 6.44. The highest BCUT2D eigenvalue weighted by atomic mass is 19.1. The van der Waals surface area contributed by atoms with E-state index in [2.05, 4.69) is 0 Å². The van der Waals surface area contributed by atoms with Crippen LogP contribution in [0.3, 0.4) is 0 Å². The van der Waals surface area contributed by atoms with Gasteiger partial charge in [-0.2, -0.15) is 0 Å². The lowest BCUT2D eigenvalue weighted by molar-refractivity contribution is 0.0784. The summed E-state index contributed by atoms with van der Waals surface area (Å²) in [5.41, 5.74) is 6.58. The second-order valence-corrected chi connectivity index (χ2v) is 4.94. The number of rotatable bonds is 3. The number of benzene rings is 2. The lowest BCUT2D eigenvalue weighted by atomic mass is 10.1. The molecule has 0 aliphatic heterocycles. The predicted octanol–water partition coefficient (Wildman–Crippen LogP) is 3.13. The number of nitrogens with two attached hydrogens (primary N) is 1. The molecule has 2 aromatic rings. The number of amides is 1. The van der Waals surface area contributed by atoms with E-state index in [1.165, 1.54) is 4.90 Å². The molecule has 3 nitrogen and oxygen atoms in total. The van der Waals surface area contributed by atoms with Crippen molar-refractivity contribution in [2.24, 2.45) is 0 Å². The van der Waals surface area contributed by atoms with Gasteiger partial charge in [0.2, 0.25) is 0 Å². The predicted molar refractivity (Wildman–Crippen MR) is 77.7 cm³/mol. The monoisotopic (exact) mass is 290 g/mol. The molecule has 0 spiro atoms. The van der Waals surface area contributed by atoms with Crippen LogP contribution in [0.2, 0.25) is 0 Å². The maximum atomic E-state index is 13.4. The summed E-state index contributed by atoms with van der Waals surface area (Å²) in [6.07, 6.45) is 0. The van der Waals surface area contributed by atoms with Crippen LogP contribution in [0.25, 0.3) is 0 Å². The molecule has 0 saturated heterocycles. The average molecular weight is 290 g/mol. The largest absolute Gasteiger partial charge is 0.394 e. The van der Waals surface area contributed by atoms with Gasteiger partial charge in [0, 0.05) is 19.2 Å². The quantitative estimate of drug-likeness (QED) is 0.883. The van der Waals surface area contributed by atoms with Gasteiger partial charge in [0.1, 0.15) is 17.3 Å². The number of halogens is 2. The number of nitrogen functional groups attached to an aromatic ring is 1. The Kier molecular flexibility index (Phi) is 4.21. The number of nitrogens with zero attached hydrogens (tertiary/aromatic N) is 1. The number of aryl methyl sites for hydroxylation is 1. The van der Waals surface area contributed by atoms with Gasteiger partial charge >= 0.3 is 0 Å². The number of carbonyl (C=O) groups excluding carboxylic acids is 1. The van der Waals surface area contributed by atoms with Gasteiger partial charge in [0.05, 0.1) is 0 Å². The summed E-state index contributed by atoms with van der Waals surface area (Å²) in [6, 6.07) is 9.54. The van der Waals surface area contributed by atoms with Crippen molar-refractivity contribution in [1.82, 2.24) is 4.90 Å². The first kappa shape index (κ1) is 15.0. The van der Waals surface area contributed by atoms with Crippen molar-refractivity contribution in [1.29, 1.82) is 0 Å². The Bertz CT molecular complexity index is 663. The summed E-state index contributed by atoms with van der Waals surface area (Å²) in [7, 11) is 1.58. The smallest absolute Gasteiger partial charge is 0.254 e. The Hall–Kier alpha value is -2.43. The van der Waals surface area contributed by atoms with E-state index in [9.17, 15) is 13.6 Å². The molecule has 0 atom stereocenters. The summed E-state index contributed by atoms with van der Waals surface area (Å²) in [5.74, 6) is -2.32. The topological polar surface area (TPSA) is 46.3 Å². The third-order valence-electron chi connectivity index (χ3n) is 3.34. The van der Waals surface area contributed by atoms with Crippen LogP contribution in [0.5, 0.6) is 0 Å². The summed E-state index contributed by atoms with van der Waals surface area (Å²) in [6.45, 7) is 2.30. The lowest BCUT2D eigenvalue weighted by Crippen LogP contribution is -2.26. The van der Waals surface area contributed by atoms with Crippen LogP contribution in [0.4, 0.5) is 14.5 Å². The molecule has 0 bridgehead atoms. The molecule has 0 unspecified atom stereocenters. The van der Waals surface area contributed by atoms with Gasteiger partial charge in [-0.05, 0) is 30.2 Å². The molecule has 21 heavy (non-hydrogen) atoms. The normalized spacial score (nSPS) is 10.5. The zero-order chi connectivity index (χ0) is 15.6. The fourth-order valence-corrected chi connectivity index (χ4v) is 2.04. The molecule has 0 radical (unpaired) electrons. The summed E-state index contributed by atoms with van der Waals surface area (Å²) < 4.78 is 26.8. The summed E-state index contributed by atoms with van der Waals surface area (Å²) >= 11 is 0. The third kappa shape index (κ3) is 3.18. The Balaban J connectivity index is 2.22. The number of hydrogen-bond acceptors (Lipinski definition) is 2. The van der Waals surface area contributed by atoms with Gasteiger partial charge in [-0.1, -0.05) is 24.3 Å². The van der Waals surface area contributed by atoms with E-state index in [1.807, 2.05) is 31.2 Å². The van der Waals surface area contributed by atoms with Crippen molar-refractivity contribution in [2.45, 2.75) is 13.5 Å². The van der Waals surface area contributed by atoms with Gasteiger partial charge in [-0.3, -0.25) is 4.79 Å². The van der Waals surface area contributed by atoms with E-state index in [-0.39, 0.29) is 5.56 Å². The van der Waals surface area contributed by atoms with E-state index < -0.39 is 23.2 Å². The van der Waals surface area contributed by atoms with Crippen molar-refractivity contribution in [2.75, 3.05) is 12.8 Å². The van der Waals surface area contributed by atoms with Gasteiger partial charge in [-0.15, -0.1) is 0 Å². The Morgan fingerprint density at radius 2 is 1.76 bits per heavy atom. The first-order chi connectivity index (χ1) is 9.90. The minimum atomic E-state index is -0.928. The molecule has 0 aliphatic carbocycles. The Labute approximate surface area is 122 Å². The highest BCUT2D eigenvalue weighted by molar-refractivity contribution is 5.94. The van der Waals surface area contributed by atoms with Crippen molar-refractivity contribution in [3.8, 4) is 0 Å². The molecule has 110 valence electrons. The third-order valence-corrected chi connectivity index (χ3v) is 3.34. The van der Waals surface area contributed by atoms with Crippen LogP contribution in [-0.2, 0) is 6.54 Å². The van der Waals surface area contributed by atoms with E-state index in [0.29, 0.717) is 6.54 Å². The maximum Gasteiger partial charge on any atom is 0.254 e. The van der Waals surface area contributed by atoms with Crippen LogP contribution in [0, 0.1) is 18.6 Å². The summed E-state index contributed by atoms with van der Waals surface area (Å²) in [4.78, 5) is 13.6. The highest BCUT2D eigenvalue weighted by Gasteiger charge is 2.17. The average Bonchev–Trinajstić information content (AvgIpc) is 2.45. The Morgan fingerprint density at radius 1 is 1.19 bits per heavy atom. The molecular formula is C16H16F2N2O. The van der Waals surface area contributed by atoms with Crippen LogP contribution in [0.15, 0.2) is 36.4 Å². The van der Waals surface area contributed by atoms with Crippen molar-refractivity contribution in [3.63, 3.8) is 0 Å². The van der Waals surface area contributed by atoms with E-state index in [4.69, 9.17) is 5.73 Å². The zero-order valence-corrected chi connectivity index (χ0v) is 11.9. The molecular weight excluding hydrogens is 274 g/mol. The molecule has 5 heteroatoms. The van der Waals surface area contributed by atoms with Crippen molar-refractivity contribution < 1.29 is 13.6 Å². The van der Waals surface area contributed by atoms with E-state index in [1.54, 1.807) is 7.05 Å². The summed E-state index contributed by atoms with van der Waals surface area (Å²) in [5, 5.41) is 0. The number of hydrogen-bond donors (Lipinski definition) is 1. The fraction of sp³-hybridized carbons (Fsp3) is 0.188. The Morgan fingerprint density at radius 3 is 2.33 bits per heavy atom. The van der Waals surface area contributed by atoms with E-state index in [0.717, 1.165) is 23.3 Å². The number of anilines is 1. The van der Waals surface area contributed by atoms with Crippen LogP contribution >= 0.6 is 0 Å². The molecule has 0 fully saturated rings. The second-order valence-electron chi connectivity index (χ2n) is 4.94. The molecule has 1 amide bonds. The molecule has 0 aromatic heterocycles. The second kappa shape index (κ2) is 5.91. The van der Waals surface area contributed by atoms with Crippen LogP contribution in [-0.4, -0.2) is 17.9 Å². The maximum absolute atomic E-state index is 13.4. The molecule has 2 rings (SSSR count). The van der Waals surface area contributed by atoms with Crippen LogP contribution < -0.4 is 5.73 Å². The van der Waals surface area contributed by atoms with Gasteiger partial charge < -0.3 is 10.6 Å². The SMILES string of the molecule is Cc1ccccc1CN(C)C(=O)c1cc(F)c(N)c(F)c1. The van der Waals surface area contributed by atoms with Crippen LogP contribution in [0.1, 0.15) is 21.5 Å². The van der Waals surface area contributed by atoms with Gasteiger partial charge in [0.15, 0.2) is 0 Å². The minimum absolute atomic E-state index is 0.0599. The van der Waals surface area contributed by atoms with Crippen molar-refractivity contribution >= 4 is 11.6 Å². The standard InChI is InChI=1S/C16H16F2N2O/c1-10-5-3-4-6-11(10)9-20(2)16(21)12-7-13(17)15(19)14(18)8-12/h3-8H,9,19H2,1-2H3. The number of carbonyl (C=O) groups is 1. The van der Waals surface area contributed by atoms with E-state index >= 15 is 0 Å². The highest BCUT2D eigenvalue weighted by Crippen LogP contribution is 2.19. The molecule has 0 heterocycles. The van der Waals surface area contributed by atoms with Gasteiger partial charge in [0.25, 0.3) is 5.91 Å². The van der Waals surface area contributed by atoms with Gasteiger partial charge in [-0.25, -0.2) is 8.78 Å². The molecule has 0 aliphatic rings. The lowest BCUT2D eigenvalue weighted by Gasteiger charge is -2.19. The molecule has 2 N–H and O–H groups in total. The first-order valence-corrected chi connectivity index (χ1v) is 6.44. The zero-order valence-electron chi connectivity index (χ0n) is 11.9.